The molecular formula is C7H11B. The Hall–Kier alpha value is -0.455. The Labute approximate surface area is 51.5 Å². The fourth-order valence-corrected chi connectivity index (χ4v) is 0.935. The Morgan fingerprint density at radius 2 is 2.38 bits per heavy atom. The van der Waals surface area contributed by atoms with Crippen LogP contribution in [0.3, 0.4) is 0 Å². The number of hydrogen-bond donors (Lipinski definition) is 0. The van der Waals surface area contributed by atoms with E-state index in [4.69, 9.17) is 0 Å². The summed E-state index contributed by atoms with van der Waals surface area (Å²) in [6.45, 7) is 2.23. The van der Waals surface area contributed by atoms with Gasteiger partial charge in [0.05, 0.1) is 0 Å². The van der Waals surface area contributed by atoms with Gasteiger partial charge in [-0.2, -0.15) is 0 Å². The van der Waals surface area contributed by atoms with Crippen molar-refractivity contribution in [3.63, 3.8) is 0 Å². The maximum absolute atomic E-state index is 2.28. The van der Waals surface area contributed by atoms with Crippen LogP contribution in [0.1, 0.15) is 6.42 Å². The lowest BCUT2D eigenvalue weighted by Crippen LogP contribution is -1.95. The number of rotatable bonds is 1. The molecule has 1 aliphatic rings. The Morgan fingerprint density at radius 1 is 1.50 bits per heavy atom. The summed E-state index contributed by atoms with van der Waals surface area (Å²) < 4.78 is 0. The van der Waals surface area contributed by atoms with Crippen LogP contribution in [-0.4, -0.2) is 7.28 Å². The molecule has 0 radical (unpaired) electrons. The second-order valence-corrected chi connectivity index (χ2v) is 2.22. The van der Waals surface area contributed by atoms with E-state index >= 15 is 0 Å². The molecule has 0 saturated carbocycles. The Bertz CT molecular complexity index is 114. The second-order valence-electron chi connectivity index (χ2n) is 2.22. The molecule has 0 aromatic rings. The molecule has 1 atom stereocenters. The van der Waals surface area contributed by atoms with Crippen molar-refractivity contribution >= 4 is 7.28 Å². The zero-order valence-corrected chi connectivity index (χ0v) is 5.30. The van der Waals surface area contributed by atoms with E-state index in [0.29, 0.717) is 0 Å². The quantitative estimate of drug-likeness (QED) is 0.447. The van der Waals surface area contributed by atoms with Gasteiger partial charge in [-0.3, -0.25) is 0 Å². The van der Waals surface area contributed by atoms with Gasteiger partial charge in [0.25, 0.3) is 0 Å². The summed E-state index contributed by atoms with van der Waals surface area (Å²) in [6, 6.07) is 0. The molecule has 0 saturated heterocycles. The predicted octanol–water partition coefficient (Wildman–Crippen LogP) is 1.78. The monoisotopic (exact) mass is 106 g/mol. The summed E-state index contributed by atoms with van der Waals surface area (Å²) in [6.07, 6.45) is 10.0. The molecule has 0 fully saturated rings. The largest absolute Gasteiger partial charge is 0.126 e. The predicted molar refractivity (Wildman–Crippen MR) is 39.7 cm³/mol. The van der Waals surface area contributed by atoms with Crippen molar-refractivity contribution in [3.05, 3.63) is 24.3 Å². The molecule has 0 aromatic carbocycles. The lowest BCUT2D eigenvalue weighted by Gasteiger charge is -2.06. The van der Waals surface area contributed by atoms with Crippen LogP contribution in [0.5, 0.6) is 0 Å². The molecule has 42 valence electrons. The van der Waals surface area contributed by atoms with Gasteiger partial charge in [-0.1, -0.05) is 31.1 Å². The Morgan fingerprint density at radius 3 is 2.75 bits per heavy atom. The van der Waals surface area contributed by atoms with Crippen LogP contribution >= 0.6 is 0 Å². The second kappa shape index (κ2) is 2.76. The van der Waals surface area contributed by atoms with Gasteiger partial charge >= 0.3 is 0 Å². The van der Waals surface area contributed by atoms with E-state index in [1.807, 2.05) is 0 Å². The summed E-state index contributed by atoms with van der Waals surface area (Å²) >= 11 is 0. The zero-order valence-electron chi connectivity index (χ0n) is 5.30. The minimum absolute atomic E-state index is 0.819. The maximum atomic E-state index is 2.28. The number of hydrogen-bond acceptors (Lipinski definition) is 0. The van der Waals surface area contributed by atoms with Gasteiger partial charge in [0.2, 0.25) is 0 Å². The normalized spacial score (nSPS) is 25.9. The third-order valence-electron chi connectivity index (χ3n) is 1.59. The first-order chi connectivity index (χ1) is 3.93. The van der Waals surface area contributed by atoms with Gasteiger partial charge in [0, 0.05) is 0 Å². The SMILES string of the molecule is CBC1C=CC=CC1. The standard InChI is InChI=1S/C7H11B/c1-8-7-5-3-2-4-6-7/h2-5,7-8H,6H2,1H3. The molecule has 1 rings (SSSR count). The Balaban J connectivity index is 2.40. The van der Waals surface area contributed by atoms with E-state index in [-0.39, 0.29) is 0 Å². The van der Waals surface area contributed by atoms with Crippen molar-refractivity contribution in [1.29, 1.82) is 0 Å². The molecule has 1 unspecified atom stereocenters. The first kappa shape index (κ1) is 5.68. The van der Waals surface area contributed by atoms with Gasteiger partial charge in [-0.15, -0.1) is 0 Å². The summed E-state index contributed by atoms with van der Waals surface area (Å²) in [5, 5.41) is 0. The lowest BCUT2D eigenvalue weighted by molar-refractivity contribution is 1.02. The highest BCUT2D eigenvalue weighted by molar-refractivity contribution is 6.36. The van der Waals surface area contributed by atoms with E-state index in [0.717, 1.165) is 5.82 Å². The molecule has 0 aliphatic heterocycles. The van der Waals surface area contributed by atoms with Crippen LogP contribution in [0.15, 0.2) is 24.3 Å². The molecule has 0 nitrogen and oxygen atoms in total. The average Bonchev–Trinajstić information content (AvgIpc) is 1.90. The van der Waals surface area contributed by atoms with Crippen molar-refractivity contribution in [2.45, 2.75) is 19.1 Å². The minimum Gasteiger partial charge on any atom is -0.0888 e. The minimum atomic E-state index is 0.819. The number of allylic oxidation sites excluding steroid dienone is 4. The molecule has 8 heavy (non-hydrogen) atoms. The fourth-order valence-electron chi connectivity index (χ4n) is 0.935. The summed E-state index contributed by atoms with van der Waals surface area (Å²) in [7, 11) is 1.28. The molecule has 0 bridgehead atoms. The first-order valence-electron chi connectivity index (χ1n) is 3.27. The summed E-state index contributed by atoms with van der Waals surface area (Å²) in [5.74, 6) is 0.819. The summed E-state index contributed by atoms with van der Waals surface area (Å²) in [4.78, 5) is 0. The van der Waals surface area contributed by atoms with Crippen LogP contribution in [0.4, 0.5) is 0 Å². The molecule has 1 heteroatoms. The topological polar surface area (TPSA) is 0 Å². The van der Waals surface area contributed by atoms with E-state index in [2.05, 4.69) is 31.1 Å². The van der Waals surface area contributed by atoms with Crippen molar-refractivity contribution < 1.29 is 0 Å². The van der Waals surface area contributed by atoms with Crippen LogP contribution < -0.4 is 0 Å². The van der Waals surface area contributed by atoms with Crippen molar-refractivity contribution in [3.8, 4) is 0 Å². The van der Waals surface area contributed by atoms with Gasteiger partial charge < -0.3 is 0 Å². The average molecular weight is 106 g/mol. The van der Waals surface area contributed by atoms with Crippen molar-refractivity contribution in [2.24, 2.45) is 0 Å². The molecule has 0 amide bonds. The highest BCUT2D eigenvalue weighted by Gasteiger charge is 2.00. The third kappa shape index (κ3) is 1.26. The molecular weight excluding hydrogens is 94.9 g/mol. The molecule has 0 heterocycles. The maximum Gasteiger partial charge on any atom is 0.126 e. The first-order valence-corrected chi connectivity index (χ1v) is 3.27. The molecule has 0 aromatic heterocycles. The van der Waals surface area contributed by atoms with E-state index in [9.17, 15) is 0 Å². The van der Waals surface area contributed by atoms with Crippen molar-refractivity contribution in [2.75, 3.05) is 0 Å². The molecule has 0 N–H and O–H groups in total. The molecule has 0 spiro atoms. The van der Waals surface area contributed by atoms with Gasteiger partial charge in [0.15, 0.2) is 0 Å². The van der Waals surface area contributed by atoms with E-state index in [1.54, 1.807) is 0 Å². The zero-order chi connectivity index (χ0) is 5.82. The highest BCUT2D eigenvalue weighted by atomic mass is 13.9. The van der Waals surface area contributed by atoms with Crippen LogP contribution in [0.2, 0.25) is 12.6 Å². The molecule has 1 aliphatic carbocycles. The lowest BCUT2D eigenvalue weighted by atomic mass is 9.64. The third-order valence-corrected chi connectivity index (χ3v) is 1.59. The smallest absolute Gasteiger partial charge is 0.0888 e. The van der Waals surface area contributed by atoms with Crippen LogP contribution in [-0.2, 0) is 0 Å². The Kier molecular flexibility index (Phi) is 1.96. The van der Waals surface area contributed by atoms with Crippen LogP contribution in [0.25, 0.3) is 0 Å². The van der Waals surface area contributed by atoms with Gasteiger partial charge in [-0.05, 0) is 12.2 Å². The van der Waals surface area contributed by atoms with Gasteiger partial charge in [0.1, 0.15) is 7.28 Å². The van der Waals surface area contributed by atoms with Crippen molar-refractivity contribution in [1.82, 2.24) is 0 Å². The van der Waals surface area contributed by atoms with Gasteiger partial charge in [-0.25, -0.2) is 0 Å². The van der Waals surface area contributed by atoms with E-state index in [1.165, 1.54) is 13.7 Å². The van der Waals surface area contributed by atoms with E-state index < -0.39 is 0 Å². The summed E-state index contributed by atoms with van der Waals surface area (Å²) in [5.41, 5.74) is 0. The highest BCUT2D eigenvalue weighted by Crippen LogP contribution is 2.15. The fraction of sp³-hybridized carbons (Fsp3) is 0.429. The van der Waals surface area contributed by atoms with Crippen LogP contribution in [0, 0.1) is 0 Å².